The molecule has 1 atom stereocenters. The van der Waals surface area contributed by atoms with Crippen LogP contribution in [-0.4, -0.2) is 18.3 Å². The number of aliphatic hydroxyl groups is 1. The fraction of sp³-hybridized carbons (Fsp3) is 0.667. The van der Waals surface area contributed by atoms with Crippen LogP contribution in [0.2, 0.25) is 0 Å². The second kappa shape index (κ2) is 6.73. The van der Waals surface area contributed by atoms with Crippen LogP contribution in [0.4, 0.5) is 0 Å². The molecule has 1 unspecified atom stereocenters. The third-order valence-electron chi connectivity index (χ3n) is 4.43. The summed E-state index contributed by atoms with van der Waals surface area (Å²) in [6, 6.07) is 6.60. The predicted octanol–water partition coefficient (Wildman–Crippen LogP) is 4.39. The summed E-state index contributed by atoms with van der Waals surface area (Å²) in [5.41, 5.74) is 3.78. The van der Waals surface area contributed by atoms with Gasteiger partial charge in [0.1, 0.15) is 0 Å². The van der Waals surface area contributed by atoms with Gasteiger partial charge in [-0.1, -0.05) is 45.9 Å². The van der Waals surface area contributed by atoms with E-state index in [0.717, 1.165) is 31.6 Å². The highest BCUT2D eigenvalue weighted by Gasteiger charge is 2.26. The average molecular weight is 276 g/mol. The summed E-state index contributed by atoms with van der Waals surface area (Å²) in [5.74, 6) is 1.31. The Labute approximate surface area is 123 Å². The minimum absolute atomic E-state index is 0.339. The zero-order chi connectivity index (χ0) is 14.7. The summed E-state index contributed by atoms with van der Waals surface area (Å²) in [6.07, 6.45) is 1.58. The maximum absolute atomic E-state index is 10.7. The van der Waals surface area contributed by atoms with Crippen LogP contribution in [0, 0.1) is 5.92 Å². The van der Waals surface area contributed by atoms with Crippen molar-refractivity contribution in [3.8, 4) is 0 Å². The highest BCUT2D eigenvalue weighted by Crippen LogP contribution is 2.35. The van der Waals surface area contributed by atoms with Gasteiger partial charge in [0.05, 0.1) is 6.10 Å². The smallest absolute Gasteiger partial charge is 0.0822 e. The number of hydrogen-bond acceptors (Lipinski definition) is 2. The molecule has 1 aromatic rings. The molecule has 1 aliphatic heterocycles. The van der Waals surface area contributed by atoms with Gasteiger partial charge in [0.2, 0.25) is 0 Å². The summed E-state index contributed by atoms with van der Waals surface area (Å²) in [6.45, 7) is 10.4. The number of rotatable bonds is 4. The molecular weight excluding hydrogens is 248 g/mol. The molecule has 0 radical (unpaired) electrons. The topological polar surface area (TPSA) is 29.5 Å². The lowest BCUT2D eigenvalue weighted by Crippen LogP contribution is -2.23. The lowest BCUT2D eigenvalue weighted by Gasteiger charge is -2.29. The Balaban J connectivity index is 2.29. The molecule has 1 aromatic carbocycles. The standard InChI is InChI=1S/C18H28O2/c1-12(2)15-5-6-16(17(11-15)13(3)4)18(19)14-7-9-20-10-8-14/h5-6,11-14,18-19H,7-10H2,1-4H3. The molecule has 2 heteroatoms. The second-order valence-corrected chi connectivity index (χ2v) is 6.59. The molecule has 0 bridgehead atoms. The van der Waals surface area contributed by atoms with Crippen molar-refractivity contribution >= 4 is 0 Å². The van der Waals surface area contributed by atoms with Crippen LogP contribution in [-0.2, 0) is 4.74 Å². The number of hydrogen-bond donors (Lipinski definition) is 1. The molecule has 1 heterocycles. The molecule has 1 fully saturated rings. The normalized spacial score (nSPS) is 18.8. The van der Waals surface area contributed by atoms with Crippen LogP contribution < -0.4 is 0 Å². The van der Waals surface area contributed by atoms with E-state index in [9.17, 15) is 5.11 Å². The lowest BCUT2D eigenvalue weighted by molar-refractivity contribution is 0.00678. The molecule has 1 N–H and O–H groups in total. The van der Waals surface area contributed by atoms with Crippen molar-refractivity contribution in [1.82, 2.24) is 0 Å². The van der Waals surface area contributed by atoms with E-state index in [2.05, 4.69) is 45.9 Å². The van der Waals surface area contributed by atoms with E-state index >= 15 is 0 Å². The van der Waals surface area contributed by atoms with Gasteiger partial charge in [-0.2, -0.15) is 0 Å². The molecular formula is C18H28O2. The fourth-order valence-corrected chi connectivity index (χ4v) is 3.01. The number of benzene rings is 1. The molecule has 20 heavy (non-hydrogen) atoms. The van der Waals surface area contributed by atoms with E-state index in [1.54, 1.807) is 0 Å². The number of ether oxygens (including phenoxy) is 1. The van der Waals surface area contributed by atoms with Gasteiger partial charge in [-0.15, -0.1) is 0 Å². The Morgan fingerprint density at radius 2 is 1.65 bits per heavy atom. The maximum Gasteiger partial charge on any atom is 0.0822 e. The quantitative estimate of drug-likeness (QED) is 0.883. The summed E-state index contributed by atoms with van der Waals surface area (Å²) in [5, 5.41) is 10.7. The SMILES string of the molecule is CC(C)c1ccc(C(O)C2CCOCC2)c(C(C)C)c1. The monoisotopic (exact) mass is 276 g/mol. The van der Waals surface area contributed by atoms with Gasteiger partial charge >= 0.3 is 0 Å². The Kier molecular flexibility index (Phi) is 5.22. The van der Waals surface area contributed by atoms with E-state index in [-0.39, 0.29) is 6.10 Å². The van der Waals surface area contributed by atoms with E-state index in [1.807, 2.05) is 0 Å². The fourth-order valence-electron chi connectivity index (χ4n) is 3.01. The summed E-state index contributed by atoms with van der Waals surface area (Å²) < 4.78 is 5.40. The molecule has 1 aliphatic rings. The van der Waals surface area contributed by atoms with Crippen molar-refractivity contribution in [1.29, 1.82) is 0 Å². The molecule has 0 aromatic heterocycles. The van der Waals surface area contributed by atoms with Crippen LogP contribution in [0.15, 0.2) is 18.2 Å². The first-order valence-corrected chi connectivity index (χ1v) is 7.90. The van der Waals surface area contributed by atoms with Gasteiger partial charge in [-0.3, -0.25) is 0 Å². The van der Waals surface area contributed by atoms with Gasteiger partial charge in [0.15, 0.2) is 0 Å². The van der Waals surface area contributed by atoms with Crippen LogP contribution in [0.25, 0.3) is 0 Å². The van der Waals surface area contributed by atoms with E-state index in [0.29, 0.717) is 17.8 Å². The molecule has 112 valence electrons. The molecule has 2 nitrogen and oxygen atoms in total. The minimum atomic E-state index is -0.350. The Morgan fingerprint density at radius 1 is 1.00 bits per heavy atom. The molecule has 0 aliphatic carbocycles. The zero-order valence-corrected chi connectivity index (χ0v) is 13.2. The summed E-state index contributed by atoms with van der Waals surface area (Å²) in [7, 11) is 0. The van der Waals surface area contributed by atoms with E-state index in [1.165, 1.54) is 11.1 Å². The van der Waals surface area contributed by atoms with Gasteiger partial charge in [0.25, 0.3) is 0 Å². The first kappa shape index (κ1) is 15.5. The molecule has 0 amide bonds. The molecule has 0 spiro atoms. The maximum atomic E-state index is 10.7. The van der Waals surface area contributed by atoms with Crippen molar-refractivity contribution in [2.24, 2.45) is 5.92 Å². The van der Waals surface area contributed by atoms with Crippen molar-refractivity contribution in [3.63, 3.8) is 0 Å². The largest absolute Gasteiger partial charge is 0.388 e. The summed E-state index contributed by atoms with van der Waals surface area (Å²) >= 11 is 0. The van der Waals surface area contributed by atoms with Crippen molar-refractivity contribution in [3.05, 3.63) is 34.9 Å². The van der Waals surface area contributed by atoms with Crippen molar-refractivity contribution in [2.75, 3.05) is 13.2 Å². The van der Waals surface area contributed by atoms with E-state index < -0.39 is 0 Å². The van der Waals surface area contributed by atoms with Gasteiger partial charge < -0.3 is 9.84 Å². The van der Waals surface area contributed by atoms with E-state index in [4.69, 9.17) is 4.74 Å². The Morgan fingerprint density at radius 3 is 2.20 bits per heavy atom. The predicted molar refractivity (Wildman–Crippen MR) is 83.1 cm³/mol. The first-order chi connectivity index (χ1) is 9.50. The zero-order valence-electron chi connectivity index (χ0n) is 13.2. The second-order valence-electron chi connectivity index (χ2n) is 6.59. The van der Waals surface area contributed by atoms with Crippen LogP contribution in [0.1, 0.15) is 75.2 Å². The molecule has 2 rings (SSSR count). The van der Waals surface area contributed by atoms with Gasteiger partial charge in [-0.25, -0.2) is 0 Å². The van der Waals surface area contributed by atoms with Crippen LogP contribution in [0.5, 0.6) is 0 Å². The average Bonchev–Trinajstić information content (AvgIpc) is 2.46. The Hall–Kier alpha value is -0.860. The lowest BCUT2D eigenvalue weighted by atomic mass is 9.83. The third-order valence-corrected chi connectivity index (χ3v) is 4.43. The van der Waals surface area contributed by atoms with Crippen molar-refractivity contribution in [2.45, 2.75) is 58.5 Å². The highest BCUT2D eigenvalue weighted by molar-refractivity contribution is 5.37. The number of aliphatic hydroxyl groups excluding tert-OH is 1. The van der Waals surface area contributed by atoms with Gasteiger partial charge in [-0.05, 0) is 47.3 Å². The minimum Gasteiger partial charge on any atom is -0.388 e. The Bertz CT molecular complexity index is 431. The summed E-state index contributed by atoms with van der Waals surface area (Å²) in [4.78, 5) is 0. The van der Waals surface area contributed by atoms with Crippen molar-refractivity contribution < 1.29 is 9.84 Å². The highest BCUT2D eigenvalue weighted by atomic mass is 16.5. The van der Waals surface area contributed by atoms with Gasteiger partial charge in [0, 0.05) is 13.2 Å². The first-order valence-electron chi connectivity index (χ1n) is 7.90. The van der Waals surface area contributed by atoms with Crippen LogP contribution >= 0.6 is 0 Å². The van der Waals surface area contributed by atoms with Crippen LogP contribution in [0.3, 0.4) is 0 Å². The molecule has 1 saturated heterocycles. The molecule has 0 saturated carbocycles. The third kappa shape index (κ3) is 3.42.